The van der Waals surface area contributed by atoms with Gasteiger partial charge in [-0.2, -0.15) is 5.26 Å². The van der Waals surface area contributed by atoms with Crippen LogP contribution in [-0.2, 0) is 6.54 Å². The van der Waals surface area contributed by atoms with Crippen LogP contribution in [0.3, 0.4) is 0 Å². The number of nitrogens with zero attached hydrogens (tertiary/aromatic N) is 2. The normalized spacial score (nSPS) is 11.0. The van der Waals surface area contributed by atoms with E-state index in [1.54, 1.807) is 0 Å². The molecular weight excluding hydrogens is 292 g/mol. The maximum Gasteiger partial charge on any atom is 0.0991 e. The second-order valence-electron chi connectivity index (χ2n) is 5.84. The van der Waals surface area contributed by atoms with Crippen LogP contribution in [0.5, 0.6) is 0 Å². The standard InChI is InChI=1S/C19H17ClN2/c1-13(2)18-12-22(19-8-7-16(20)9-17(18)19)11-15-5-3-14(10-21)4-6-15/h3-9,12-13H,11H2,1-2H3. The summed E-state index contributed by atoms with van der Waals surface area (Å²) in [4.78, 5) is 0. The third-order valence-electron chi connectivity index (χ3n) is 3.93. The van der Waals surface area contributed by atoms with Crippen LogP contribution in [0.2, 0.25) is 5.02 Å². The predicted octanol–water partition coefficient (Wildman–Crippen LogP) is 5.34. The van der Waals surface area contributed by atoms with Crippen molar-refractivity contribution in [2.24, 2.45) is 0 Å². The highest BCUT2D eigenvalue weighted by Crippen LogP contribution is 2.30. The minimum absolute atomic E-state index is 0.447. The Bertz CT molecular complexity index is 852. The average molecular weight is 309 g/mol. The first-order chi connectivity index (χ1) is 10.6. The molecule has 0 spiro atoms. The minimum atomic E-state index is 0.447. The molecule has 0 aliphatic carbocycles. The van der Waals surface area contributed by atoms with Crippen LogP contribution in [-0.4, -0.2) is 4.57 Å². The molecule has 2 nitrogen and oxygen atoms in total. The highest BCUT2D eigenvalue weighted by Gasteiger charge is 2.12. The molecule has 0 saturated heterocycles. The third kappa shape index (κ3) is 2.73. The van der Waals surface area contributed by atoms with Gasteiger partial charge in [-0.3, -0.25) is 0 Å². The van der Waals surface area contributed by atoms with E-state index in [-0.39, 0.29) is 0 Å². The van der Waals surface area contributed by atoms with Gasteiger partial charge in [0, 0.05) is 28.7 Å². The van der Waals surface area contributed by atoms with Crippen molar-refractivity contribution in [3.8, 4) is 6.07 Å². The van der Waals surface area contributed by atoms with Gasteiger partial charge in [0.2, 0.25) is 0 Å². The SMILES string of the molecule is CC(C)c1cn(Cc2ccc(C#N)cc2)c2ccc(Cl)cc12. The van der Waals surface area contributed by atoms with Gasteiger partial charge >= 0.3 is 0 Å². The fourth-order valence-corrected chi connectivity index (χ4v) is 2.94. The average Bonchev–Trinajstić information content (AvgIpc) is 2.86. The highest BCUT2D eigenvalue weighted by molar-refractivity contribution is 6.31. The topological polar surface area (TPSA) is 28.7 Å². The molecule has 1 heterocycles. The Morgan fingerprint density at radius 1 is 1.14 bits per heavy atom. The van der Waals surface area contributed by atoms with Crippen LogP contribution < -0.4 is 0 Å². The van der Waals surface area contributed by atoms with Crippen LogP contribution >= 0.6 is 11.6 Å². The summed E-state index contributed by atoms with van der Waals surface area (Å²) in [6, 6.07) is 15.9. The van der Waals surface area contributed by atoms with Crippen molar-refractivity contribution in [1.29, 1.82) is 5.26 Å². The first-order valence-corrected chi connectivity index (χ1v) is 7.73. The molecule has 0 fully saturated rings. The number of hydrogen-bond acceptors (Lipinski definition) is 1. The van der Waals surface area contributed by atoms with E-state index >= 15 is 0 Å². The summed E-state index contributed by atoms with van der Waals surface area (Å²) in [7, 11) is 0. The molecule has 110 valence electrons. The Kier molecular flexibility index (Phi) is 3.92. The quantitative estimate of drug-likeness (QED) is 0.642. The maximum atomic E-state index is 8.88. The Morgan fingerprint density at radius 3 is 2.50 bits per heavy atom. The number of benzene rings is 2. The number of aromatic nitrogens is 1. The van der Waals surface area contributed by atoms with Gasteiger partial charge in [-0.15, -0.1) is 0 Å². The van der Waals surface area contributed by atoms with Gasteiger partial charge in [0.05, 0.1) is 11.6 Å². The largest absolute Gasteiger partial charge is 0.343 e. The molecule has 0 N–H and O–H groups in total. The number of halogens is 1. The van der Waals surface area contributed by atoms with Gasteiger partial charge in [-0.1, -0.05) is 37.6 Å². The van der Waals surface area contributed by atoms with Gasteiger partial charge in [0.15, 0.2) is 0 Å². The van der Waals surface area contributed by atoms with Gasteiger partial charge in [-0.25, -0.2) is 0 Å². The zero-order valence-corrected chi connectivity index (χ0v) is 13.4. The van der Waals surface area contributed by atoms with Crippen molar-refractivity contribution in [1.82, 2.24) is 4.57 Å². The number of fused-ring (bicyclic) bond motifs is 1. The van der Waals surface area contributed by atoms with Crippen LogP contribution in [0.4, 0.5) is 0 Å². The smallest absolute Gasteiger partial charge is 0.0991 e. The summed E-state index contributed by atoms with van der Waals surface area (Å²) >= 11 is 6.16. The molecule has 2 aromatic carbocycles. The van der Waals surface area contributed by atoms with E-state index in [1.165, 1.54) is 22.0 Å². The lowest BCUT2D eigenvalue weighted by atomic mass is 10.0. The second kappa shape index (κ2) is 5.87. The summed E-state index contributed by atoms with van der Waals surface area (Å²) in [6.07, 6.45) is 2.21. The molecule has 0 radical (unpaired) electrons. The Balaban J connectivity index is 2.05. The van der Waals surface area contributed by atoms with Gasteiger partial charge in [0.25, 0.3) is 0 Å². The number of hydrogen-bond donors (Lipinski definition) is 0. The fraction of sp³-hybridized carbons (Fsp3) is 0.211. The monoisotopic (exact) mass is 308 g/mol. The molecule has 0 saturated carbocycles. The van der Waals surface area contributed by atoms with Crippen LogP contribution in [0.15, 0.2) is 48.7 Å². The fourth-order valence-electron chi connectivity index (χ4n) is 2.77. The van der Waals surface area contributed by atoms with E-state index in [0.717, 1.165) is 11.6 Å². The highest BCUT2D eigenvalue weighted by atomic mass is 35.5. The Morgan fingerprint density at radius 2 is 1.86 bits per heavy atom. The molecule has 22 heavy (non-hydrogen) atoms. The van der Waals surface area contributed by atoms with Gasteiger partial charge in [-0.05, 0) is 47.4 Å². The lowest BCUT2D eigenvalue weighted by Crippen LogP contribution is -1.98. The van der Waals surface area contributed by atoms with Crippen LogP contribution in [0, 0.1) is 11.3 Å². The maximum absolute atomic E-state index is 8.88. The van der Waals surface area contributed by atoms with E-state index in [0.29, 0.717) is 11.5 Å². The summed E-state index contributed by atoms with van der Waals surface area (Å²) in [5.74, 6) is 0.447. The first kappa shape index (κ1) is 14.7. The molecule has 0 amide bonds. The molecule has 0 atom stereocenters. The number of rotatable bonds is 3. The van der Waals surface area contributed by atoms with E-state index in [1.807, 2.05) is 36.4 Å². The first-order valence-electron chi connectivity index (χ1n) is 7.36. The van der Waals surface area contributed by atoms with Crippen LogP contribution in [0.1, 0.15) is 36.5 Å². The molecular formula is C19H17ClN2. The molecule has 3 aromatic rings. The number of nitriles is 1. The molecule has 0 bridgehead atoms. The Labute approximate surface area is 135 Å². The second-order valence-corrected chi connectivity index (χ2v) is 6.27. The summed E-state index contributed by atoms with van der Waals surface area (Å²) in [6.45, 7) is 5.18. The molecule has 0 unspecified atom stereocenters. The summed E-state index contributed by atoms with van der Waals surface area (Å²) in [5, 5.41) is 10.9. The van der Waals surface area contributed by atoms with Crippen molar-refractivity contribution >= 4 is 22.5 Å². The molecule has 0 aliphatic rings. The van der Waals surface area contributed by atoms with E-state index in [9.17, 15) is 0 Å². The van der Waals surface area contributed by atoms with E-state index in [4.69, 9.17) is 16.9 Å². The Hall–Kier alpha value is -2.24. The summed E-state index contributed by atoms with van der Waals surface area (Å²) < 4.78 is 2.25. The zero-order valence-electron chi connectivity index (χ0n) is 12.7. The third-order valence-corrected chi connectivity index (χ3v) is 4.17. The molecule has 1 aromatic heterocycles. The molecule has 3 heteroatoms. The van der Waals surface area contributed by atoms with Crippen molar-refractivity contribution in [2.75, 3.05) is 0 Å². The van der Waals surface area contributed by atoms with Crippen molar-refractivity contribution < 1.29 is 0 Å². The van der Waals surface area contributed by atoms with Crippen molar-refractivity contribution in [3.63, 3.8) is 0 Å². The van der Waals surface area contributed by atoms with Gasteiger partial charge < -0.3 is 4.57 Å². The van der Waals surface area contributed by atoms with E-state index < -0.39 is 0 Å². The summed E-state index contributed by atoms with van der Waals surface area (Å²) in [5.41, 5.74) is 4.38. The molecule has 0 aliphatic heterocycles. The van der Waals surface area contributed by atoms with Crippen molar-refractivity contribution in [2.45, 2.75) is 26.3 Å². The van der Waals surface area contributed by atoms with Crippen LogP contribution in [0.25, 0.3) is 10.9 Å². The van der Waals surface area contributed by atoms with Gasteiger partial charge in [0.1, 0.15) is 0 Å². The van der Waals surface area contributed by atoms with E-state index in [2.05, 4.69) is 36.7 Å². The van der Waals surface area contributed by atoms with Crippen molar-refractivity contribution in [3.05, 3.63) is 70.4 Å². The minimum Gasteiger partial charge on any atom is -0.343 e. The lowest BCUT2D eigenvalue weighted by molar-refractivity contribution is 0.809. The zero-order chi connectivity index (χ0) is 15.7. The predicted molar refractivity (Wildman–Crippen MR) is 91.3 cm³/mol. The lowest BCUT2D eigenvalue weighted by Gasteiger charge is -2.06. The molecule has 3 rings (SSSR count).